The van der Waals surface area contributed by atoms with Gasteiger partial charge in [0.25, 0.3) is 0 Å². The summed E-state index contributed by atoms with van der Waals surface area (Å²) in [6.07, 6.45) is 9.66. The molecule has 0 N–H and O–H groups in total. The first-order chi connectivity index (χ1) is 5.86. The van der Waals surface area contributed by atoms with Crippen LogP contribution in [0.15, 0.2) is 24.3 Å². The molecule has 1 rings (SSSR count). The summed E-state index contributed by atoms with van der Waals surface area (Å²) in [5, 5.41) is 0. The van der Waals surface area contributed by atoms with Crippen molar-refractivity contribution >= 4 is 79.6 Å². The smallest absolute Gasteiger partial charge is 0.0841 e. The summed E-state index contributed by atoms with van der Waals surface area (Å²) in [4.78, 5) is 0. The van der Waals surface area contributed by atoms with E-state index in [1.165, 1.54) is 0 Å². The van der Waals surface area contributed by atoms with E-state index in [1.807, 2.05) is 0 Å². The molecule has 0 amide bonds. The molecule has 0 aromatic carbocycles. The summed E-state index contributed by atoms with van der Waals surface area (Å²) in [6, 6.07) is 0. The third kappa shape index (κ3) is 3.16. The van der Waals surface area contributed by atoms with Gasteiger partial charge in [-0.05, 0) is 6.42 Å². The lowest BCUT2D eigenvalue weighted by Gasteiger charge is -2.34. The second-order valence-corrected chi connectivity index (χ2v) is 13.1. The molecule has 1 aliphatic carbocycles. The Labute approximate surface area is 120 Å². The topological polar surface area (TPSA) is 0 Å². The zero-order valence-electron chi connectivity index (χ0n) is 6.48. The van der Waals surface area contributed by atoms with Crippen molar-refractivity contribution in [2.45, 2.75) is 11.8 Å². The van der Waals surface area contributed by atoms with Gasteiger partial charge in [0.05, 0.1) is 0 Å². The Morgan fingerprint density at radius 3 is 1.77 bits per heavy atom. The van der Waals surface area contributed by atoms with Crippen molar-refractivity contribution in [2.24, 2.45) is 5.92 Å². The molecule has 0 aliphatic heterocycles. The normalized spacial score (nSPS) is 19.5. The Hall–Kier alpha value is 1.88. The van der Waals surface area contributed by atoms with Crippen molar-refractivity contribution in [1.29, 1.82) is 0 Å². The fraction of sp³-hybridized carbons (Fsp3) is 0.500. The number of rotatable bonds is 1. The fourth-order valence-corrected chi connectivity index (χ4v) is 2.43. The van der Waals surface area contributed by atoms with Crippen molar-refractivity contribution in [3.05, 3.63) is 24.3 Å². The van der Waals surface area contributed by atoms with Crippen LogP contribution in [0.4, 0.5) is 0 Å². The summed E-state index contributed by atoms with van der Waals surface area (Å²) in [5.74, 6) is 0.291. The van der Waals surface area contributed by atoms with Crippen LogP contribution in [0, 0.1) is 5.92 Å². The highest BCUT2D eigenvalue weighted by atomic mass is 80.0. The maximum atomic E-state index is 3.64. The lowest BCUT2D eigenvalue weighted by molar-refractivity contribution is 0.741. The molecule has 0 fully saturated rings. The van der Waals surface area contributed by atoms with Gasteiger partial charge in [-0.1, -0.05) is 104 Å². The summed E-state index contributed by atoms with van der Waals surface area (Å²) in [6.45, 7) is 0. The van der Waals surface area contributed by atoms with Gasteiger partial charge in [0, 0.05) is 5.92 Å². The highest BCUT2D eigenvalue weighted by Crippen LogP contribution is 2.57. The van der Waals surface area contributed by atoms with Crippen molar-refractivity contribution in [1.82, 2.24) is 0 Å². The first kappa shape index (κ1) is 12.9. The fourth-order valence-electron chi connectivity index (χ4n) is 1.02. The molecule has 0 bridgehead atoms. The van der Waals surface area contributed by atoms with E-state index >= 15 is 0 Å². The summed E-state index contributed by atoms with van der Waals surface area (Å²) < 4.78 is -0.670. The monoisotopic (exact) mass is 498 g/mol. The molecule has 0 saturated heterocycles. The van der Waals surface area contributed by atoms with Gasteiger partial charge in [-0.15, -0.1) is 0 Å². The van der Waals surface area contributed by atoms with E-state index < -0.39 is 0 Å². The Bertz CT molecular complexity index is 223. The predicted octanol–water partition coefficient (Wildman–Crippen LogP) is 5.44. The first-order valence-electron chi connectivity index (χ1n) is 3.63. The van der Waals surface area contributed by atoms with Crippen molar-refractivity contribution in [3.8, 4) is 0 Å². The van der Waals surface area contributed by atoms with E-state index in [0.29, 0.717) is 5.92 Å². The lowest BCUT2D eigenvalue weighted by Crippen LogP contribution is -2.35. The Balaban J connectivity index is 2.85. The average Bonchev–Trinajstić information content (AvgIpc) is 2.04. The van der Waals surface area contributed by atoms with Gasteiger partial charge in [-0.2, -0.15) is 0 Å². The van der Waals surface area contributed by atoms with Crippen LogP contribution in [0.3, 0.4) is 0 Å². The van der Waals surface area contributed by atoms with Crippen LogP contribution in [-0.2, 0) is 0 Å². The van der Waals surface area contributed by atoms with E-state index in [0.717, 1.165) is 6.42 Å². The van der Waals surface area contributed by atoms with Gasteiger partial charge in [-0.3, -0.25) is 0 Å². The van der Waals surface area contributed by atoms with Crippen LogP contribution in [0.2, 0.25) is 0 Å². The number of allylic oxidation sites excluding steroid dienone is 4. The predicted molar refractivity (Wildman–Crippen MR) is 76.5 cm³/mol. The molecule has 74 valence electrons. The van der Waals surface area contributed by atoms with Gasteiger partial charge >= 0.3 is 0 Å². The second-order valence-electron chi connectivity index (χ2n) is 2.74. The number of halogens is 5. The second kappa shape index (κ2) is 4.81. The molecule has 0 nitrogen and oxygen atoms in total. The van der Waals surface area contributed by atoms with Crippen LogP contribution in [-0.4, -0.2) is 5.38 Å². The molecule has 1 aliphatic rings. The minimum atomic E-state index is -0.378. The lowest BCUT2D eigenvalue weighted by atomic mass is 10.0. The molecular weight excluding hydrogens is 496 g/mol. The largest absolute Gasteiger partial charge is 0.160 e. The average molecular weight is 503 g/mol. The number of hydrogen-bond acceptors (Lipinski definition) is 0. The number of alkyl halides is 5. The molecule has 0 saturated carbocycles. The summed E-state index contributed by atoms with van der Waals surface area (Å²) >= 11 is 17.8. The van der Waals surface area contributed by atoms with Crippen molar-refractivity contribution in [3.63, 3.8) is 0 Å². The molecule has 13 heavy (non-hydrogen) atoms. The van der Waals surface area contributed by atoms with E-state index in [-0.39, 0.29) is 5.38 Å². The molecule has 5 heteroatoms. The minimum absolute atomic E-state index is 0.291. The van der Waals surface area contributed by atoms with E-state index in [2.05, 4.69) is 104 Å². The first-order valence-corrected chi connectivity index (χ1v) is 7.60. The SMILES string of the molecule is BrC(Br)(Br)C(Br)(Br)C1C=CCC=C1. The van der Waals surface area contributed by atoms with Crippen LogP contribution < -0.4 is 0 Å². The summed E-state index contributed by atoms with van der Waals surface area (Å²) in [7, 11) is 0. The molecule has 0 aromatic heterocycles. The highest BCUT2D eigenvalue weighted by molar-refractivity contribution is 9.41. The molecule has 0 heterocycles. The van der Waals surface area contributed by atoms with Crippen molar-refractivity contribution in [2.75, 3.05) is 0 Å². The molecular formula is C8H7Br5. The standard InChI is InChI=1S/C8H7Br5/c9-7(10,8(11,12)13)6-4-2-1-3-5-6/h2-6H,1H2. The maximum Gasteiger partial charge on any atom is 0.160 e. The zero-order valence-corrected chi connectivity index (χ0v) is 14.4. The van der Waals surface area contributed by atoms with Gasteiger partial charge in [-0.25, -0.2) is 0 Å². The Morgan fingerprint density at radius 2 is 1.38 bits per heavy atom. The van der Waals surface area contributed by atoms with Gasteiger partial charge < -0.3 is 0 Å². The van der Waals surface area contributed by atoms with E-state index in [4.69, 9.17) is 0 Å². The minimum Gasteiger partial charge on any atom is -0.0841 e. The van der Waals surface area contributed by atoms with Crippen LogP contribution in [0.25, 0.3) is 0 Å². The van der Waals surface area contributed by atoms with Crippen LogP contribution in [0.1, 0.15) is 6.42 Å². The van der Waals surface area contributed by atoms with Crippen molar-refractivity contribution < 1.29 is 0 Å². The van der Waals surface area contributed by atoms with Gasteiger partial charge in [0.2, 0.25) is 0 Å². The zero-order chi connectivity index (χ0) is 10.1. The maximum absolute atomic E-state index is 3.64. The van der Waals surface area contributed by atoms with Gasteiger partial charge in [0.1, 0.15) is 3.23 Å². The Kier molecular flexibility index (Phi) is 4.79. The molecule has 0 aromatic rings. The quantitative estimate of drug-likeness (QED) is 0.331. The number of hydrogen-bond donors (Lipinski definition) is 0. The van der Waals surface area contributed by atoms with E-state index in [1.54, 1.807) is 0 Å². The van der Waals surface area contributed by atoms with Crippen LogP contribution in [0.5, 0.6) is 0 Å². The molecule has 0 unspecified atom stereocenters. The molecule has 0 spiro atoms. The third-order valence-corrected chi connectivity index (χ3v) is 9.07. The van der Waals surface area contributed by atoms with E-state index in [9.17, 15) is 0 Å². The van der Waals surface area contributed by atoms with Crippen LogP contribution >= 0.6 is 79.6 Å². The third-order valence-electron chi connectivity index (χ3n) is 1.76. The molecule has 0 atom stereocenters. The molecule has 0 radical (unpaired) electrons. The Morgan fingerprint density at radius 1 is 0.923 bits per heavy atom. The van der Waals surface area contributed by atoms with Gasteiger partial charge in [0.15, 0.2) is 2.14 Å². The highest BCUT2D eigenvalue weighted by Gasteiger charge is 2.47. The summed E-state index contributed by atoms with van der Waals surface area (Å²) in [5.41, 5.74) is 0.